The highest BCUT2D eigenvalue weighted by Crippen LogP contribution is 2.36. The van der Waals surface area contributed by atoms with Crippen LogP contribution < -0.4 is 0 Å². The van der Waals surface area contributed by atoms with Gasteiger partial charge in [-0.05, 0) is 29.8 Å². The molecule has 21 heavy (non-hydrogen) atoms. The molecule has 0 atom stereocenters. The highest BCUT2D eigenvalue weighted by Gasteiger charge is 2.36. The van der Waals surface area contributed by atoms with Gasteiger partial charge in [-0.3, -0.25) is 0 Å². The molecule has 0 amide bonds. The molecule has 0 saturated carbocycles. The predicted octanol–water partition coefficient (Wildman–Crippen LogP) is 3.72. The highest BCUT2D eigenvalue weighted by molar-refractivity contribution is 5.96. The van der Waals surface area contributed by atoms with Gasteiger partial charge in [0.2, 0.25) is 0 Å². The molecule has 0 radical (unpaired) electrons. The fourth-order valence-electron chi connectivity index (χ4n) is 1.37. The van der Waals surface area contributed by atoms with Crippen molar-refractivity contribution in [1.82, 2.24) is 0 Å². The molecule has 0 fully saturated rings. The van der Waals surface area contributed by atoms with Crippen LogP contribution in [0.2, 0.25) is 0 Å². The number of nitrogens with zero attached hydrogens (tertiary/aromatic N) is 1. The van der Waals surface area contributed by atoms with Gasteiger partial charge < -0.3 is 5.11 Å². The molecule has 1 N–H and O–H groups in total. The molecule has 0 aliphatic rings. The van der Waals surface area contributed by atoms with Crippen molar-refractivity contribution in [2.45, 2.75) is 12.4 Å². The summed E-state index contributed by atoms with van der Waals surface area (Å²) >= 11 is 0. The van der Waals surface area contributed by atoms with Gasteiger partial charge in [0, 0.05) is 0 Å². The van der Waals surface area contributed by atoms with Crippen LogP contribution in [0.3, 0.4) is 0 Å². The SMILES string of the molecule is N#CC(=Cc1cc(C(F)(F)F)cc(C(F)(F)F)c1)C(=O)O. The number of halogens is 6. The molecule has 0 aromatic heterocycles. The first kappa shape index (κ1) is 16.6. The van der Waals surface area contributed by atoms with Gasteiger partial charge in [0.25, 0.3) is 0 Å². The third kappa shape index (κ3) is 4.24. The molecule has 0 heterocycles. The monoisotopic (exact) mass is 309 g/mol. The van der Waals surface area contributed by atoms with E-state index in [-0.39, 0.29) is 6.07 Å². The second kappa shape index (κ2) is 5.47. The van der Waals surface area contributed by atoms with Crippen LogP contribution in [0.1, 0.15) is 16.7 Å². The Kier molecular flexibility index (Phi) is 4.32. The number of nitriles is 1. The quantitative estimate of drug-likeness (QED) is 0.514. The Bertz CT molecular complexity index is 604. The molecule has 0 unspecified atom stereocenters. The summed E-state index contributed by atoms with van der Waals surface area (Å²) in [5.74, 6) is -1.76. The van der Waals surface area contributed by atoms with E-state index in [1.807, 2.05) is 0 Å². The maximum atomic E-state index is 12.5. The van der Waals surface area contributed by atoms with Crippen molar-refractivity contribution in [2.24, 2.45) is 0 Å². The van der Waals surface area contributed by atoms with Gasteiger partial charge >= 0.3 is 18.3 Å². The smallest absolute Gasteiger partial charge is 0.416 e. The van der Waals surface area contributed by atoms with E-state index in [4.69, 9.17) is 10.4 Å². The Balaban J connectivity index is 3.54. The zero-order chi connectivity index (χ0) is 16.4. The largest absolute Gasteiger partial charge is 0.477 e. The van der Waals surface area contributed by atoms with Crippen LogP contribution in [-0.4, -0.2) is 11.1 Å². The maximum absolute atomic E-state index is 12.5. The lowest BCUT2D eigenvalue weighted by Crippen LogP contribution is -2.11. The first-order valence-electron chi connectivity index (χ1n) is 5.09. The average molecular weight is 309 g/mol. The first-order chi connectivity index (χ1) is 9.45. The van der Waals surface area contributed by atoms with Gasteiger partial charge in [-0.25, -0.2) is 4.79 Å². The lowest BCUT2D eigenvalue weighted by Gasteiger charge is -2.12. The number of carboxylic acids is 1. The number of rotatable bonds is 2. The minimum atomic E-state index is -5.04. The summed E-state index contributed by atoms with van der Waals surface area (Å²) in [6.07, 6.45) is -9.65. The summed E-state index contributed by atoms with van der Waals surface area (Å²) in [7, 11) is 0. The Morgan fingerprint density at radius 2 is 1.48 bits per heavy atom. The van der Waals surface area contributed by atoms with Crippen LogP contribution in [0.25, 0.3) is 6.08 Å². The van der Waals surface area contributed by atoms with E-state index < -0.39 is 40.6 Å². The summed E-state index contributed by atoms with van der Waals surface area (Å²) in [5.41, 5.74) is -4.85. The fraction of sp³-hybridized carbons (Fsp3) is 0.167. The zero-order valence-electron chi connectivity index (χ0n) is 9.88. The van der Waals surface area contributed by atoms with Crippen LogP contribution in [0.15, 0.2) is 23.8 Å². The van der Waals surface area contributed by atoms with Gasteiger partial charge in [0.05, 0.1) is 11.1 Å². The first-order valence-corrected chi connectivity index (χ1v) is 5.09. The minimum Gasteiger partial charge on any atom is -0.477 e. The number of benzene rings is 1. The molecule has 0 aliphatic carbocycles. The van der Waals surface area contributed by atoms with E-state index in [2.05, 4.69) is 0 Å². The number of alkyl halides is 6. The van der Waals surface area contributed by atoms with Crippen molar-refractivity contribution in [1.29, 1.82) is 5.26 Å². The fourth-order valence-corrected chi connectivity index (χ4v) is 1.37. The normalized spacial score (nSPS) is 12.9. The number of hydrogen-bond donors (Lipinski definition) is 1. The van der Waals surface area contributed by atoms with E-state index in [1.165, 1.54) is 6.07 Å². The average Bonchev–Trinajstić information content (AvgIpc) is 2.33. The highest BCUT2D eigenvalue weighted by atomic mass is 19.4. The molecule has 1 aromatic carbocycles. The van der Waals surface area contributed by atoms with Crippen molar-refractivity contribution >= 4 is 12.0 Å². The molecule has 0 aliphatic heterocycles. The van der Waals surface area contributed by atoms with Crippen molar-refractivity contribution < 1.29 is 36.2 Å². The van der Waals surface area contributed by atoms with Gasteiger partial charge in [-0.1, -0.05) is 0 Å². The van der Waals surface area contributed by atoms with Crippen LogP contribution in [0.5, 0.6) is 0 Å². The molecule has 1 rings (SSSR count). The van der Waals surface area contributed by atoms with Crippen molar-refractivity contribution in [3.8, 4) is 6.07 Å². The molecular formula is C12H5F6NO2. The van der Waals surface area contributed by atoms with Crippen LogP contribution in [0, 0.1) is 11.3 Å². The van der Waals surface area contributed by atoms with Gasteiger partial charge in [0.15, 0.2) is 0 Å². The summed E-state index contributed by atoms with van der Waals surface area (Å²) in [5, 5.41) is 17.0. The zero-order valence-corrected chi connectivity index (χ0v) is 9.88. The van der Waals surface area contributed by atoms with Gasteiger partial charge in [-0.2, -0.15) is 31.6 Å². The molecule has 0 spiro atoms. The Morgan fingerprint density at radius 1 is 1.05 bits per heavy atom. The molecule has 0 bridgehead atoms. The number of carbonyl (C=O) groups is 1. The number of hydrogen-bond acceptors (Lipinski definition) is 2. The molecule has 112 valence electrons. The topological polar surface area (TPSA) is 61.1 Å². The summed E-state index contributed by atoms with van der Waals surface area (Å²) in [6, 6.07) is 1.73. The van der Waals surface area contributed by atoms with Gasteiger partial charge in [0.1, 0.15) is 11.6 Å². The molecule has 0 saturated heterocycles. The summed E-state index contributed by atoms with van der Waals surface area (Å²) in [6.45, 7) is 0. The van der Waals surface area contributed by atoms with E-state index in [1.54, 1.807) is 0 Å². The number of carboxylic acid groups (broad SMARTS) is 1. The lowest BCUT2D eigenvalue weighted by atomic mass is 10.0. The Morgan fingerprint density at radius 3 is 1.76 bits per heavy atom. The van der Waals surface area contributed by atoms with Crippen molar-refractivity contribution in [2.75, 3.05) is 0 Å². The second-order valence-electron chi connectivity index (χ2n) is 3.81. The Hall–Kier alpha value is -2.50. The standard InChI is InChI=1S/C12H5F6NO2/c13-11(14,15)8-2-6(1-7(5-19)10(20)21)3-9(4-8)12(16,17)18/h1-4H,(H,20,21). The lowest BCUT2D eigenvalue weighted by molar-refractivity contribution is -0.143. The van der Waals surface area contributed by atoms with E-state index in [0.717, 1.165) is 0 Å². The predicted molar refractivity (Wildman–Crippen MR) is 57.7 cm³/mol. The van der Waals surface area contributed by atoms with E-state index >= 15 is 0 Å². The summed E-state index contributed by atoms with van der Waals surface area (Å²) < 4.78 is 75.3. The van der Waals surface area contributed by atoms with Crippen LogP contribution >= 0.6 is 0 Å². The van der Waals surface area contributed by atoms with Crippen LogP contribution in [-0.2, 0) is 17.1 Å². The molecule has 3 nitrogen and oxygen atoms in total. The third-order valence-electron chi connectivity index (χ3n) is 2.27. The molecule has 1 aromatic rings. The second-order valence-corrected chi connectivity index (χ2v) is 3.81. The van der Waals surface area contributed by atoms with Crippen molar-refractivity contribution in [3.05, 3.63) is 40.5 Å². The van der Waals surface area contributed by atoms with Gasteiger partial charge in [-0.15, -0.1) is 0 Å². The van der Waals surface area contributed by atoms with Crippen molar-refractivity contribution in [3.63, 3.8) is 0 Å². The maximum Gasteiger partial charge on any atom is 0.416 e. The Labute approximate surface area is 113 Å². The number of aliphatic carboxylic acids is 1. The van der Waals surface area contributed by atoms with E-state index in [0.29, 0.717) is 18.2 Å². The molecular weight excluding hydrogens is 304 g/mol. The minimum absolute atomic E-state index is 0.0931. The summed E-state index contributed by atoms with van der Waals surface area (Å²) in [4.78, 5) is 10.6. The van der Waals surface area contributed by atoms with E-state index in [9.17, 15) is 31.1 Å². The third-order valence-corrected chi connectivity index (χ3v) is 2.27. The molecule has 9 heteroatoms. The van der Waals surface area contributed by atoms with Crippen LogP contribution in [0.4, 0.5) is 26.3 Å².